The number of hydrogen-bond acceptors (Lipinski definition) is 1. The third-order valence-electron chi connectivity index (χ3n) is 7.08. The van der Waals surface area contributed by atoms with Gasteiger partial charge in [0.25, 0.3) is 0 Å². The average molecular weight is 220 g/mol. The quantitative estimate of drug-likeness (QED) is 0.606. The van der Waals surface area contributed by atoms with Gasteiger partial charge in [0.05, 0.1) is 0 Å². The fraction of sp³-hybridized carbons (Fsp3) is 0.933. The van der Waals surface area contributed by atoms with Crippen LogP contribution in [0.4, 0.5) is 0 Å². The third kappa shape index (κ3) is 0.762. The van der Waals surface area contributed by atoms with Gasteiger partial charge in [0.15, 0.2) is 0 Å². The Morgan fingerprint density at radius 2 is 1.81 bits per heavy atom. The van der Waals surface area contributed by atoms with Gasteiger partial charge in [-0.15, -0.1) is 0 Å². The minimum atomic E-state index is 0.0110. The molecular weight excluding hydrogens is 196 g/mol. The van der Waals surface area contributed by atoms with Crippen LogP contribution >= 0.6 is 0 Å². The molecule has 1 heteroatoms. The van der Waals surface area contributed by atoms with Crippen molar-refractivity contribution in [2.75, 3.05) is 0 Å². The van der Waals surface area contributed by atoms with Crippen LogP contribution in [-0.2, 0) is 4.79 Å². The molecule has 0 aromatic heterocycles. The first kappa shape index (κ1) is 10.8. The summed E-state index contributed by atoms with van der Waals surface area (Å²) in [5, 5.41) is 0. The molecule has 0 saturated heterocycles. The number of rotatable bonds is 0. The lowest BCUT2D eigenvalue weighted by atomic mass is 9.56. The Balaban J connectivity index is 2.24. The van der Waals surface area contributed by atoms with Crippen LogP contribution < -0.4 is 0 Å². The maximum Gasteiger partial charge on any atom is 0.142 e. The standard InChI is InChI=1S/C15H24O/c1-10-6-9-13(3)11(2)12(16)14(4)7-5-8-15(10,13)14/h10-11H,5-9H2,1-4H3. The molecule has 0 bridgehead atoms. The van der Waals surface area contributed by atoms with E-state index < -0.39 is 0 Å². The Labute approximate surface area is 99.0 Å². The van der Waals surface area contributed by atoms with E-state index in [1.807, 2.05) is 0 Å². The highest BCUT2D eigenvalue weighted by Gasteiger charge is 2.75. The van der Waals surface area contributed by atoms with Gasteiger partial charge in [-0.05, 0) is 42.4 Å². The highest BCUT2D eigenvalue weighted by Crippen LogP contribution is 2.78. The van der Waals surface area contributed by atoms with Gasteiger partial charge in [0.2, 0.25) is 0 Å². The van der Waals surface area contributed by atoms with Crippen molar-refractivity contribution >= 4 is 5.78 Å². The number of hydrogen-bond donors (Lipinski definition) is 0. The van der Waals surface area contributed by atoms with Crippen LogP contribution in [-0.4, -0.2) is 5.78 Å². The Morgan fingerprint density at radius 3 is 2.50 bits per heavy atom. The monoisotopic (exact) mass is 220 g/mol. The highest BCUT2D eigenvalue weighted by atomic mass is 16.1. The summed E-state index contributed by atoms with van der Waals surface area (Å²) in [5.74, 6) is 1.63. The summed E-state index contributed by atoms with van der Waals surface area (Å²) in [7, 11) is 0. The molecule has 1 spiro atoms. The minimum absolute atomic E-state index is 0.0110. The molecule has 3 aliphatic carbocycles. The molecule has 0 aliphatic heterocycles. The normalized spacial score (nSPS) is 60.1. The molecule has 0 N–H and O–H groups in total. The summed E-state index contributed by atoms with van der Waals surface area (Å²) in [5.41, 5.74) is 0.655. The van der Waals surface area contributed by atoms with E-state index in [4.69, 9.17) is 0 Å². The third-order valence-corrected chi connectivity index (χ3v) is 7.08. The number of carbonyl (C=O) groups is 1. The van der Waals surface area contributed by atoms with E-state index in [-0.39, 0.29) is 5.41 Å². The lowest BCUT2D eigenvalue weighted by Crippen LogP contribution is -2.43. The van der Waals surface area contributed by atoms with E-state index >= 15 is 0 Å². The van der Waals surface area contributed by atoms with Crippen LogP contribution in [0.2, 0.25) is 0 Å². The maximum absolute atomic E-state index is 12.7. The predicted octanol–water partition coefficient (Wildman–Crippen LogP) is 3.82. The van der Waals surface area contributed by atoms with Gasteiger partial charge < -0.3 is 0 Å². The molecule has 3 aliphatic rings. The van der Waals surface area contributed by atoms with Crippen LogP contribution in [0, 0.1) is 28.1 Å². The molecule has 5 atom stereocenters. The van der Waals surface area contributed by atoms with E-state index in [1.165, 1.54) is 25.7 Å². The van der Waals surface area contributed by atoms with Crippen LogP contribution in [0.3, 0.4) is 0 Å². The molecule has 3 rings (SSSR count). The summed E-state index contributed by atoms with van der Waals surface area (Å²) in [6.45, 7) is 9.30. The minimum Gasteiger partial charge on any atom is -0.299 e. The molecule has 16 heavy (non-hydrogen) atoms. The zero-order valence-electron chi connectivity index (χ0n) is 11.1. The Hall–Kier alpha value is -0.330. The molecular formula is C15H24O. The topological polar surface area (TPSA) is 17.1 Å². The van der Waals surface area contributed by atoms with E-state index in [0.717, 1.165) is 12.3 Å². The summed E-state index contributed by atoms with van der Waals surface area (Å²) in [6, 6.07) is 0. The Bertz CT molecular complexity index is 360. The van der Waals surface area contributed by atoms with E-state index in [2.05, 4.69) is 27.7 Å². The van der Waals surface area contributed by atoms with E-state index in [1.54, 1.807) is 0 Å². The molecule has 0 aromatic rings. The van der Waals surface area contributed by atoms with Crippen LogP contribution in [0.1, 0.15) is 59.8 Å². The molecule has 90 valence electrons. The van der Waals surface area contributed by atoms with Crippen molar-refractivity contribution in [3.8, 4) is 0 Å². The van der Waals surface area contributed by atoms with Crippen molar-refractivity contribution in [3.05, 3.63) is 0 Å². The van der Waals surface area contributed by atoms with Crippen LogP contribution in [0.25, 0.3) is 0 Å². The van der Waals surface area contributed by atoms with Crippen molar-refractivity contribution in [1.29, 1.82) is 0 Å². The number of ketones is 1. The van der Waals surface area contributed by atoms with Gasteiger partial charge in [-0.3, -0.25) is 4.79 Å². The maximum atomic E-state index is 12.7. The smallest absolute Gasteiger partial charge is 0.142 e. The molecule has 0 aromatic carbocycles. The zero-order chi connectivity index (χ0) is 11.8. The lowest BCUT2D eigenvalue weighted by Gasteiger charge is -2.46. The second-order valence-corrected chi connectivity index (χ2v) is 7.10. The molecule has 3 fully saturated rings. The second kappa shape index (κ2) is 2.73. The summed E-state index contributed by atoms with van der Waals surface area (Å²) in [6.07, 6.45) is 6.34. The average Bonchev–Trinajstić information content (AvgIpc) is 2.77. The first-order chi connectivity index (χ1) is 7.40. The first-order valence-electron chi connectivity index (χ1n) is 6.94. The SMILES string of the molecule is CC1C(=O)C2(C)CCCC23C(C)CCC13C. The fourth-order valence-electron chi connectivity index (χ4n) is 6.19. The first-order valence-corrected chi connectivity index (χ1v) is 6.94. The molecule has 0 radical (unpaired) electrons. The second-order valence-electron chi connectivity index (χ2n) is 7.10. The van der Waals surface area contributed by atoms with Crippen molar-refractivity contribution in [2.45, 2.75) is 59.8 Å². The molecule has 5 unspecified atom stereocenters. The summed E-state index contributed by atoms with van der Waals surface area (Å²) in [4.78, 5) is 12.7. The van der Waals surface area contributed by atoms with E-state index in [0.29, 0.717) is 22.5 Å². The molecule has 3 saturated carbocycles. The van der Waals surface area contributed by atoms with Crippen molar-refractivity contribution < 1.29 is 4.79 Å². The van der Waals surface area contributed by atoms with Gasteiger partial charge in [-0.25, -0.2) is 0 Å². The molecule has 0 amide bonds. The summed E-state index contributed by atoms with van der Waals surface area (Å²) < 4.78 is 0. The van der Waals surface area contributed by atoms with Crippen LogP contribution in [0.5, 0.6) is 0 Å². The van der Waals surface area contributed by atoms with Crippen molar-refractivity contribution in [3.63, 3.8) is 0 Å². The predicted molar refractivity (Wildman–Crippen MR) is 65.1 cm³/mol. The van der Waals surface area contributed by atoms with Gasteiger partial charge in [0.1, 0.15) is 5.78 Å². The fourth-order valence-corrected chi connectivity index (χ4v) is 6.19. The van der Waals surface area contributed by atoms with Gasteiger partial charge >= 0.3 is 0 Å². The van der Waals surface area contributed by atoms with Gasteiger partial charge in [0, 0.05) is 11.3 Å². The Morgan fingerprint density at radius 1 is 1.12 bits per heavy atom. The summed E-state index contributed by atoms with van der Waals surface area (Å²) >= 11 is 0. The lowest BCUT2D eigenvalue weighted by molar-refractivity contribution is -0.130. The Kier molecular flexibility index (Phi) is 1.85. The van der Waals surface area contributed by atoms with Crippen molar-refractivity contribution in [1.82, 2.24) is 0 Å². The number of Topliss-reactive ketones (excluding diaryl/α,β-unsaturated/α-hetero) is 1. The largest absolute Gasteiger partial charge is 0.299 e. The highest BCUT2D eigenvalue weighted by molar-refractivity contribution is 5.92. The zero-order valence-corrected chi connectivity index (χ0v) is 11.1. The molecule has 1 nitrogen and oxygen atoms in total. The van der Waals surface area contributed by atoms with E-state index in [9.17, 15) is 4.79 Å². The van der Waals surface area contributed by atoms with Gasteiger partial charge in [-0.1, -0.05) is 34.1 Å². The molecule has 0 heterocycles. The van der Waals surface area contributed by atoms with Crippen molar-refractivity contribution in [2.24, 2.45) is 28.1 Å². The van der Waals surface area contributed by atoms with Gasteiger partial charge in [-0.2, -0.15) is 0 Å². The number of carbonyl (C=O) groups excluding carboxylic acids is 1. The van der Waals surface area contributed by atoms with Crippen LogP contribution in [0.15, 0.2) is 0 Å².